The average molecular weight is 290 g/mol. The number of pyridine rings is 1. The van der Waals surface area contributed by atoms with Crippen molar-refractivity contribution in [3.8, 4) is 0 Å². The largest absolute Gasteiger partial charge is 0.270 e. The van der Waals surface area contributed by atoms with Crippen LogP contribution in [0.3, 0.4) is 0 Å². The first-order valence-electron chi connectivity index (χ1n) is 5.93. The lowest BCUT2D eigenvalue weighted by Gasteiger charge is -2.06. The molecule has 3 rings (SSSR count). The van der Waals surface area contributed by atoms with E-state index >= 15 is 0 Å². The van der Waals surface area contributed by atoms with Gasteiger partial charge in [-0.15, -0.1) is 10.2 Å². The summed E-state index contributed by atoms with van der Waals surface area (Å²) in [6.07, 6.45) is 1.89. The van der Waals surface area contributed by atoms with Crippen LogP contribution in [0.5, 0.6) is 0 Å². The number of thioether (sulfide) groups is 1. The van der Waals surface area contributed by atoms with Crippen LogP contribution in [0.15, 0.2) is 47.1 Å². The Kier molecular flexibility index (Phi) is 3.44. The summed E-state index contributed by atoms with van der Waals surface area (Å²) in [5.41, 5.74) is 4.76. The van der Waals surface area contributed by atoms with Crippen LogP contribution in [0.4, 0.5) is 0 Å². The van der Waals surface area contributed by atoms with E-state index in [1.54, 1.807) is 11.8 Å². The van der Waals surface area contributed by atoms with E-state index in [0.29, 0.717) is 0 Å². The second-order valence-corrected chi connectivity index (χ2v) is 5.43. The van der Waals surface area contributed by atoms with Gasteiger partial charge in [0.05, 0.1) is 5.52 Å². The molecule has 0 fully saturated rings. The van der Waals surface area contributed by atoms with Crippen molar-refractivity contribution in [2.75, 3.05) is 5.75 Å². The summed E-state index contributed by atoms with van der Waals surface area (Å²) in [6, 6.07) is 10.4. The van der Waals surface area contributed by atoms with Crippen molar-refractivity contribution >= 4 is 39.9 Å². The highest BCUT2D eigenvalue weighted by molar-refractivity contribution is 7.99. The molecule has 0 N–H and O–H groups in total. The average Bonchev–Trinajstić information content (AvgIpc) is 2.83. The van der Waals surface area contributed by atoms with E-state index in [2.05, 4.69) is 45.8 Å². The van der Waals surface area contributed by atoms with Crippen molar-refractivity contribution in [3.63, 3.8) is 0 Å². The number of fused-ring (bicyclic) bond motifs is 3. The molecule has 0 aliphatic rings. The van der Waals surface area contributed by atoms with Crippen molar-refractivity contribution in [1.82, 2.24) is 14.6 Å². The number of hydrogen-bond acceptors (Lipinski definition) is 3. The van der Waals surface area contributed by atoms with Gasteiger partial charge in [-0.05, 0) is 24.6 Å². The Hall–Kier alpha value is -1.52. The molecule has 0 saturated heterocycles. The van der Waals surface area contributed by atoms with Crippen molar-refractivity contribution < 1.29 is 0 Å². The maximum Gasteiger partial charge on any atom is 0.196 e. The fraction of sp³-hybridized carbons (Fsp3) is 0.143. The van der Waals surface area contributed by atoms with E-state index in [-0.39, 0.29) is 0 Å². The standard InChI is InChI=1S/C14H12ClN3S/c1-10-9-13-16-17-14(19-8-4-7-15)18(13)12-6-3-2-5-11(10)12/h2-7,9H,8H2,1H3/b7-4+. The molecule has 0 aliphatic heterocycles. The molecule has 2 aromatic heterocycles. The summed E-state index contributed by atoms with van der Waals surface area (Å²) in [5.74, 6) is 0.784. The molecule has 1 aromatic carbocycles. The van der Waals surface area contributed by atoms with Gasteiger partial charge >= 0.3 is 0 Å². The van der Waals surface area contributed by atoms with Crippen molar-refractivity contribution in [1.29, 1.82) is 0 Å². The Morgan fingerprint density at radius 2 is 2.16 bits per heavy atom. The first kappa shape index (κ1) is 12.5. The van der Waals surface area contributed by atoms with Crippen LogP contribution in [-0.2, 0) is 0 Å². The summed E-state index contributed by atoms with van der Waals surface area (Å²) in [5, 5.41) is 10.6. The Morgan fingerprint density at radius 1 is 1.32 bits per heavy atom. The number of halogens is 1. The first-order chi connectivity index (χ1) is 9.31. The monoisotopic (exact) mass is 289 g/mol. The molecule has 0 bridgehead atoms. The van der Waals surface area contributed by atoms with Gasteiger partial charge in [0.25, 0.3) is 0 Å². The first-order valence-corrected chi connectivity index (χ1v) is 7.35. The minimum Gasteiger partial charge on any atom is -0.270 e. The Morgan fingerprint density at radius 3 is 3.00 bits per heavy atom. The van der Waals surface area contributed by atoms with Gasteiger partial charge in [0.1, 0.15) is 0 Å². The number of hydrogen-bond donors (Lipinski definition) is 0. The van der Waals surface area contributed by atoms with Gasteiger partial charge in [-0.2, -0.15) is 0 Å². The third-order valence-electron chi connectivity index (χ3n) is 2.97. The predicted octanol–water partition coefficient (Wildman–Crippen LogP) is 4.04. The van der Waals surface area contributed by atoms with Crippen LogP contribution in [0, 0.1) is 6.92 Å². The van der Waals surface area contributed by atoms with Crippen LogP contribution < -0.4 is 0 Å². The highest BCUT2D eigenvalue weighted by Crippen LogP contribution is 2.25. The van der Waals surface area contributed by atoms with Crippen molar-refractivity contribution in [3.05, 3.63) is 47.5 Å². The lowest BCUT2D eigenvalue weighted by molar-refractivity contribution is 0.942. The zero-order valence-electron chi connectivity index (χ0n) is 10.4. The van der Waals surface area contributed by atoms with Gasteiger partial charge in [0, 0.05) is 16.7 Å². The maximum atomic E-state index is 5.54. The van der Waals surface area contributed by atoms with Gasteiger partial charge in [-0.3, -0.25) is 4.40 Å². The molecule has 0 atom stereocenters. The fourth-order valence-corrected chi connectivity index (χ4v) is 3.08. The molecule has 19 heavy (non-hydrogen) atoms. The summed E-state index contributed by atoms with van der Waals surface area (Å²) in [4.78, 5) is 0. The van der Waals surface area contributed by atoms with Crippen LogP contribution in [0.1, 0.15) is 5.56 Å². The highest BCUT2D eigenvalue weighted by Gasteiger charge is 2.10. The van der Waals surface area contributed by atoms with Crippen molar-refractivity contribution in [2.24, 2.45) is 0 Å². The number of benzene rings is 1. The molecule has 0 aliphatic carbocycles. The van der Waals surface area contributed by atoms with Gasteiger partial charge in [-0.25, -0.2) is 0 Å². The smallest absolute Gasteiger partial charge is 0.196 e. The van der Waals surface area contributed by atoms with E-state index in [1.807, 2.05) is 12.1 Å². The van der Waals surface area contributed by atoms with Gasteiger partial charge in [0.15, 0.2) is 10.8 Å². The zero-order chi connectivity index (χ0) is 13.2. The van der Waals surface area contributed by atoms with E-state index < -0.39 is 0 Å². The van der Waals surface area contributed by atoms with Crippen LogP contribution in [0.25, 0.3) is 16.6 Å². The van der Waals surface area contributed by atoms with Crippen molar-refractivity contribution in [2.45, 2.75) is 12.1 Å². The summed E-state index contributed by atoms with van der Waals surface area (Å²) >= 11 is 7.16. The number of aryl methyl sites for hydroxylation is 1. The van der Waals surface area contributed by atoms with E-state index in [4.69, 9.17) is 11.6 Å². The van der Waals surface area contributed by atoms with Gasteiger partial charge in [0.2, 0.25) is 0 Å². The lowest BCUT2D eigenvalue weighted by Crippen LogP contribution is -1.93. The normalized spacial score (nSPS) is 11.9. The van der Waals surface area contributed by atoms with E-state index in [1.165, 1.54) is 16.5 Å². The van der Waals surface area contributed by atoms with E-state index in [0.717, 1.165) is 22.1 Å². The van der Waals surface area contributed by atoms with Crippen LogP contribution in [-0.4, -0.2) is 20.4 Å². The Bertz CT molecular complexity index is 764. The summed E-state index contributed by atoms with van der Waals surface area (Å²) < 4.78 is 2.09. The zero-order valence-corrected chi connectivity index (χ0v) is 11.9. The predicted molar refractivity (Wildman–Crippen MR) is 80.9 cm³/mol. The number of para-hydroxylation sites is 1. The number of nitrogens with zero attached hydrogens (tertiary/aromatic N) is 3. The van der Waals surface area contributed by atoms with Crippen LogP contribution >= 0.6 is 23.4 Å². The number of aromatic nitrogens is 3. The molecule has 96 valence electrons. The summed E-state index contributed by atoms with van der Waals surface area (Å²) in [7, 11) is 0. The second kappa shape index (κ2) is 5.23. The molecule has 0 radical (unpaired) electrons. The third-order valence-corrected chi connectivity index (χ3v) is 4.03. The molecule has 0 spiro atoms. The summed E-state index contributed by atoms with van der Waals surface area (Å²) in [6.45, 7) is 2.10. The molecule has 5 heteroatoms. The highest BCUT2D eigenvalue weighted by atomic mass is 35.5. The molecule has 0 saturated carbocycles. The van der Waals surface area contributed by atoms with Gasteiger partial charge < -0.3 is 0 Å². The molecule has 3 aromatic rings. The number of rotatable bonds is 3. The second-order valence-electron chi connectivity index (χ2n) is 4.19. The Labute approximate surface area is 120 Å². The Balaban J connectivity index is 2.22. The third kappa shape index (κ3) is 2.22. The topological polar surface area (TPSA) is 30.2 Å². The molecular weight excluding hydrogens is 278 g/mol. The minimum atomic E-state index is 0.784. The lowest BCUT2D eigenvalue weighted by atomic mass is 10.1. The van der Waals surface area contributed by atoms with Crippen LogP contribution in [0.2, 0.25) is 0 Å². The molecule has 0 unspecified atom stereocenters. The quantitative estimate of drug-likeness (QED) is 0.682. The van der Waals surface area contributed by atoms with Gasteiger partial charge in [-0.1, -0.05) is 47.6 Å². The molecular formula is C14H12ClN3S. The van der Waals surface area contributed by atoms with E-state index in [9.17, 15) is 0 Å². The molecule has 0 amide bonds. The fourth-order valence-electron chi connectivity index (χ4n) is 2.13. The maximum absolute atomic E-state index is 5.54. The minimum absolute atomic E-state index is 0.784. The molecule has 2 heterocycles. The SMILES string of the molecule is Cc1cc2nnc(SC/C=C/Cl)n2c2ccccc12. The molecule has 3 nitrogen and oxygen atoms in total.